The van der Waals surface area contributed by atoms with Gasteiger partial charge in [-0.25, -0.2) is 9.29 Å². The third-order valence-electron chi connectivity index (χ3n) is 11.5. The number of alkyl halides is 2. The van der Waals surface area contributed by atoms with Crippen molar-refractivity contribution >= 4 is 92.9 Å². The van der Waals surface area contributed by atoms with Crippen molar-refractivity contribution in [3.05, 3.63) is 117 Å². The minimum Gasteiger partial charge on any atom is -0.504 e. The highest BCUT2D eigenvalue weighted by molar-refractivity contribution is 14.1. The lowest BCUT2D eigenvalue weighted by molar-refractivity contribution is -0.125. The molecule has 2 heterocycles. The Kier molecular flexibility index (Phi) is 9.89. The first-order valence-electron chi connectivity index (χ1n) is 17.9. The van der Waals surface area contributed by atoms with Crippen LogP contribution < -0.4 is 24.0 Å². The first-order chi connectivity index (χ1) is 27.3. The fourth-order valence-corrected chi connectivity index (χ4v) is 10.4. The van der Waals surface area contributed by atoms with Gasteiger partial charge >= 0.3 is 0 Å². The van der Waals surface area contributed by atoms with Crippen LogP contribution >= 0.6 is 45.8 Å². The van der Waals surface area contributed by atoms with Crippen molar-refractivity contribution in [2.75, 3.05) is 31.1 Å². The molecule has 0 unspecified atom stereocenters. The highest BCUT2D eigenvalue weighted by Crippen LogP contribution is 2.66. The quantitative estimate of drug-likeness (QED) is 0.0619. The molecule has 4 aromatic rings. The summed E-state index contributed by atoms with van der Waals surface area (Å²) in [5.74, 6) is -5.38. The molecule has 4 aromatic carbocycles. The molecule has 2 saturated heterocycles. The van der Waals surface area contributed by atoms with Crippen molar-refractivity contribution in [1.29, 1.82) is 0 Å². The van der Waals surface area contributed by atoms with Crippen LogP contribution in [0.15, 0.2) is 90.5 Å². The molecule has 57 heavy (non-hydrogen) atoms. The number of methoxy groups -OCH3 is 3. The number of anilines is 2. The second-order valence-corrected chi connectivity index (χ2v) is 16.8. The van der Waals surface area contributed by atoms with E-state index in [1.54, 1.807) is 50.6 Å². The summed E-state index contributed by atoms with van der Waals surface area (Å²) in [6.45, 7) is 0. The van der Waals surface area contributed by atoms with E-state index < -0.39 is 62.9 Å². The number of carbonyl (C=O) groups excluding carboxylic acids is 4. The number of hydrogen-bond donors (Lipinski definition) is 1. The lowest BCUT2D eigenvalue weighted by Gasteiger charge is -2.50. The molecule has 2 aliphatic heterocycles. The summed E-state index contributed by atoms with van der Waals surface area (Å²) in [5.41, 5.74) is 3.04. The van der Waals surface area contributed by atoms with Crippen LogP contribution in [-0.2, 0) is 19.2 Å². The molecule has 0 aromatic heterocycles. The molecule has 14 heteroatoms. The van der Waals surface area contributed by atoms with E-state index in [2.05, 4.69) is 0 Å². The summed E-state index contributed by atoms with van der Waals surface area (Å²) in [7, 11) is 4.54. The van der Waals surface area contributed by atoms with Crippen molar-refractivity contribution in [3.8, 4) is 23.0 Å². The number of allylic oxidation sites excluding steroid dienone is 2. The summed E-state index contributed by atoms with van der Waals surface area (Å²) in [6.07, 6.45) is 5.51. The van der Waals surface area contributed by atoms with Gasteiger partial charge in [0.25, 0.3) is 11.8 Å². The summed E-state index contributed by atoms with van der Waals surface area (Å²) < 4.78 is 30.7. The zero-order valence-electron chi connectivity index (χ0n) is 30.7. The zero-order valence-corrected chi connectivity index (χ0v) is 34.3. The number of ether oxygens (including phenoxy) is 3. The zero-order chi connectivity index (χ0) is 40.6. The van der Waals surface area contributed by atoms with Gasteiger partial charge in [-0.05, 0) is 119 Å². The number of amides is 4. The highest BCUT2D eigenvalue weighted by atomic mass is 127. The van der Waals surface area contributed by atoms with E-state index in [0.717, 1.165) is 28.2 Å². The first-order valence-corrected chi connectivity index (χ1v) is 19.8. The van der Waals surface area contributed by atoms with Crippen molar-refractivity contribution < 1.29 is 42.9 Å². The molecule has 8 rings (SSSR count). The summed E-state index contributed by atoms with van der Waals surface area (Å²) >= 11 is 16.9. The van der Waals surface area contributed by atoms with Crippen LogP contribution in [0, 0.1) is 27.1 Å². The van der Waals surface area contributed by atoms with Crippen molar-refractivity contribution in [2.24, 2.45) is 17.8 Å². The Bertz CT molecular complexity index is 2420. The van der Waals surface area contributed by atoms with Gasteiger partial charge in [0.1, 0.15) is 17.3 Å². The number of imide groups is 2. The number of fused-ring (bicyclic) bond motifs is 4. The lowest BCUT2D eigenvalue weighted by Crippen LogP contribution is -2.60. The Morgan fingerprint density at radius 2 is 1.46 bits per heavy atom. The largest absolute Gasteiger partial charge is 0.504 e. The molecule has 4 aliphatic rings. The maximum Gasteiger partial charge on any atom is 0.258 e. The molecule has 1 saturated carbocycles. The molecule has 0 radical (unpaired) electrons. The molecule has 0 spiro atoms. The Labute approximate surface area is 350 Å². The molecular formula is C43H34Cl2FIN2O8. The number of benzene rings is 4. The third kappa shape index (κ3) is 5.93. The molecular weight excluding hydrogens is 889 g/mol. The SMILES string of the molecule is COc1ccc(OC)c(C=Cc2ccc(N3C(=O)[C@H]4[C@H](CC=C5[C@H]4C[C@@]4(Cl)C(=O)N(c6ccc(F)cc6)C(=O)[C@@]4(Cl)[C@H]5c4cc(I)c(O)c(OC)c4)C3=O)cc2)c1. The number of hydrogen-bond acceptors (Lipinski definition) is 8. The molecule has 2 aliphatic carbocycles. The van der Waals surface area contributed by atoms with E-state index >= 15 is 0 Å². The van der Waals surface area contributed by atoms with Crippen molar-refractivity contribution in [3.63, 3.8) is 0 Å². The average molecular weight is 924 g/mol. The van der Waals surface area contributed by atoms with Gasteiger partial charge in [0.05, 0.1) is 48.1 Å². The van der Waals surface area contributed by atoms with Crippen LogP contribution in [0.2, 0.25) is 0 Å². The van der Waals surface area contributed by atoms with Gasteiger partial charge in [0.2, 0.25) is 11.8 Å². The Hall–Kier alpha value is -4.92. The number of halogens is 4. The predicted molar refractivity (Wildman–Crippen MR) is 221 cm³/mol. The summed E-state index contributed by atoms with van der Waals surface area (Å²) in [6, 6.07) is 20.4. The van der Waals surface area contributed by atoms with Gasteiger partial charge in [0, 0.05) is 11.5 Å². The number of carbonyl (C=O) groups is 4. The molecule has 10 nitrogen and oxygen atoms in total. The van der Waals surface area contributed by atoms with Crippen LogP contribution in [0.4, 0.5) is 15.8 Å². The van der Waals surface area contributed by atoms with E-state index in [1.165, 1.54) is 30.2 Å². The topological polar surface area (TPSA) is 123 Å². The fraction of sp³-hybridized carbons (Fsp3) is 0.256. The van der Waals surface area contributed by atoms with E-state index in [0.29, 0.717) is 31.9 Å². The maximum absolute atomic E-state index is 14.7. The second-order valence-electron chi connectivity index (χ2n) is 14.3. The van der Waals surface area contributed by atoms with Crippen LogP contribution in [-0.4, -0.2) is 59.8 Å². The standard InChI is InChI=1S/C43H34Cl2FIN2O8/c1-55-28-14-17-33(56-2)23(18-28)7-4-22-5-10-26(11-6-22)48-38(51)30-16-15-29-31(35(30)39(48)52)21-42(44)40(53)49(27-12-8-25(46)9-13-27)41(54)43(42,45)36(29)24-19-32(47)37(50)34(20-24)57-3/h4-15,17-20,30-31,35-36,50H,16,21H2,1-3H3/t30-,31+,35-,36-,42+,43-/m0/s1. The number of rotatable bonds is 8. The Morgan fingerprint density at radius 3 is 2.12 bits per heavy atom. The lowest BCUT2D eigenvalue weighted by atomic mass is 9.56. The molecule has 292 valence electrons. The number of nitrogens with zero attached hydrogens (tertiary/aromatic N) is 2. The average Bonchev–Trinajstić information content (AvgIpc) is 3.55. The number of aromatic hydroxyl groups is 1. The highest BCUT2D eigenvalue weighted by Gasteiger charge is 2.76. The van der Waals surface area contributed by atoms with Gasteiger partial charge in [-0.1, -0.05) is 35.9 Å². The minimum atomic E-state index is -2.14. The summed E-state index contributed by atoms with van der Waals surface area (Å²) in [5, 5.41) is 10.8. The van der Waals surface area contributed by atoms with Gasteiger partial charge in [-0.3, -0.25) is 24.1 Å². The molecule has 6 atom stereocenters. The van der Waals surface area contributed by atoms with Gasteiger partial charge in [0.15, 0.2) is 21.2 Å². The van der Waals surface area contributed by atoms with Gasteiger partial charge in [-0.2, -0.15) is 0 Å². The van der Waals surface area contributed by atoms with Crippen LogP contribution in [0.5, 0.6) is 23.0 Å². The van der Waals surface area contributed by atoms with E-state index in [1.807, 2.05) is 53.0 Å². The number of phenols is 1. The predicted octanol–water partition coefficient (Wildman–Crippen LogP) is 8.10. The maximum atomic E-state index is 14.7. The van der Waals surface area contributed by atoms with Crippen LogP contribution in [0.3, 0.4) is 0 Å². The van der Waals surface area contributed by atoms with Gasteiger partial charge in [-0.15, -0.1) is 23.2 Å². The van der Waals surface area contributed by atoms with Crippen LogP contribution in [0.1, 0.15) is 35.4 Å². The minimum absolute atomic E-state index is 0.0755. The van der Waals surface area contributed by atoms with Crippen molar-refractivity contribution in [2.45, 2.75) is 28.5 Å². The molecule has 3 fully saturated rings. The van der Waals surface area contributed by atoms with Crippen molar-refractivity contribution in [1.82, 2.24) is 0 Å². The Morgan fingerprint density at radius 1 is 0.789 bits per heavy atom. The normalized spacial score (nSPS) is 26.7. The van der Waals surface area contributed by atoms with Crippen LogP contribution in [0.25, 0.3) is 12.2 Å². The van der Waals surface area contributed by atoms with E-state index in [-0.39, 0.29) is 30.0 Å². The van der Waals surface area contributed by atoms with Gasteiger partial charge < -0.3 is 19.3 Å². The molecule has 0 bridgehead atoms. The molecule has 1 N–H and O–H groups in total. The monoisotopic (exact) mass is 922 g/mol. The number of phenolic OH excluding ortho intramolecular Hbond substituents is 1. The molecule has 4 amide bonds. The second kappa shape index (κ2) is 14.5. The first kappa shape index (κ1) is 38.9. The fourth-order valence-electron chi connectivity index (χ4n) is 8.83. The van der Waals surface area contributed by atoms with E-state index in [4.69, 9.17) is 37.4 Å². The van der Waals surface area contributed by atoms with E-state index in [9.17, 15) is 28.7 Å². The third-order valence-corrected chi connectivity index (χ3v) is 13.8. The smallest absolute Gasteiger partial charge is 0.258 e. The Balaban J connectivity index is 1.17. The summed E-state index contributed by atoms with van der Waals surface area (Å²) in [4.78, 5) is 55.8.